The van der Waals surface area contributed by atoms with Gasteiger partial charge in [-0.3, -0.25) is 9.59 Å². The molecule has 0 spiro atoms. The predicted octanol–water partition coefficient (Wildman–Crippen LogP) is 8.06. The molecule has 3 aromatic rings. The van der Waals surface area contributed by atoms with Gasteiger partial charge in [-0.25, -0.2) is 4.98 Å². The van der Waals surface area contributed by atoms with Gasteiger partial charge in [-0.15, -0.1) is 0 Å². The van der Waals surface area contributed by atoms with Crippen molar-refractivity contribution in [2.45, 2.75) is 102 Å². The molecule has 1 amide bonds. The number of amides is 1. The second-order valence-corrected chi connectivity index (χ2v) is 18.3. The number of hydrogen-bond donors (Lipinski definition) is 2. The van der Waals surface area contributed by atoms with Crippen molar-refractivity contribution in [1.29, 1.82) is 0 Å². The van der Waals surface area contributed by atoms with E-state index in [-0.39, 0.29) is 27.8 Å². The lowest BCUT2D eigenvalue weighted by molar-refractivity contribution is 0.0975. The minimum atomic E-state index is -2.41. The van der Waals surface area contributed by atoms with Gasteiger partial charge in [0.05, 0.1) is 6.61 Å². The third kappa shape index (κ3) is 8.01. The fraction of sp³-hybridized carbons (Fsp3) is 0.514. The summed E-state index contributed by atoms with van der Waals surface area (Å²) in [6.45, 7) is 10.9. The molecule has 1 aliphatic carbocycles. The van der Waals surface area contributed by atoms with E-state index in [2.05, 4.69) is 31.0 Å². The third-order valence-corrected chi connectivity index (χ3v) is 13.4. The van der Waals surface area contributed by atoms with Crippen LogP contribution < -0.4 is 15.2 Å². The average molecular weight is 638 g/mol. The lowest BCUT2D eigenvalue weighted by Gasteiger charge is -2.35. The molecule has 0 atom stereocenters. The van der Waals surface area contributed by atoms with E-state index in [1.165, 1.54) is 5.56 Å². The summed E-state index contributed by atoms with van der Waals surface area (Å²) in [7, 11) is -2.41. The molecule has 0 saturated heterocycles. The maximum absolute atomic E-state index is 14.5. The Morgan fingerprint density at radius 1 is 1.09 bits per heavy atom. The smallest absolute Gasteiger partial charge is 0.294 e. The van der Waals surface area contributed by atoms with Crippen LogP contribution in [0.1, 0.15) is 94.0 Å². The molecule has 1 saturated carbocycles. The standard InChI is InChI=1S/C35H48ClN3O4Si/c1-6-7-24-43-31-30(33(41)39(28-14-9-8-10-15-28)23-13-20-34(2,3)44(4,5)42)37-29(38-32(31)40)25-35(21-11-12-22-35)26-16-18-27(36)19-17-26/h8-10,14-19,42H,6-7,11-13,20-25H2,1-5H3,(H,37,38,40). The number of H-pyrrole nitrogens is 1. The molecule has 2 N–H and O–H groups in total. The molecule has 9 heteroatoms. The van der Waals surface area contributed by atoms with E-state index in [4.69, 9.17) is 21.3 Å². The van der Waals surface area contributed by atoms with Gasteiger partial charge in [0.2, 0.25) is 5.75 Å². The van der Waals surface area contributed by atoms with E-state index in [9.17, 15) is 14.4 Å². The number of halogens is 1. The Labute approximate surface area is 268 Å². The molecule has 0 unspecified atom stereocenters. The SMILES string of the molecule is CCCCOc1c(C(=O)N(CCCC(C)(C)[Si](C)(C)O)c2ccccc2)nc(CC2(c3ccc(Cl)cc3)CCCC2)[nH]c1=O. The minimum Gasteiger partial charge on any atom is -0.486 e. The highest BCUT2D eigenvalue weighted by Gasteiger charge is 2.39. The zero-order valence-corrected chi connectivity index (χ0v) is 28.7. The largest absolute Gasteiger partial charge is 0.486 e. The van der Waals surface area contributed by atoms with Crippen LogP contribution in [-0.4, -0.2) is 42.1 Å². The van der Waals surface area contributed by atoms with Crippen molar-refractivity contribution >= 4 is 31.5 Å². The molecule has 1 aromatic heterocycles. The topological polar surface area (TPSA) is 95.5 Å². The number of carbonyl (C=O) groups is 1. The van der Waals surface area contributed by atoms with Gasteiger partial charge in [-0.2, -0.15) is 0 Å². The first kappa shape index (κ1) is 33.9. The molecule has 1 heterocycles. The second kappa shape index (κ2) is 14.4. The number of aromatic amines is 1. The minimum absolute atomic E-state index is 0.0238. The van der Waals surface area contributed by atoms with Crippen LogP contribution >= 0.6 is 11.6 Å². The number of unbranched alkanes of at least 4 members (excludes halogenated alkanes) is 1. The summed E-state index contributed by atoms with van der Waals surface area (Å²) in [5.74, 6) is 0.102. The summed E-state index contributed by atoms with van der Waals surface area (Å²) in [5, 5.41) is 0.462. The lowest BCUT2D eigenvalue weighted by atomic mass is 9.76. The van der Waals surface area contributed by atoms with E-state index in [0.29, 0.717) is 36.8 Å². The van der Waals surface area contributed by atoms with Crippen LogP contribution in [0, 0.1) is 0 Å². The number of anilines is 1. The molecule has 1 aliphatic rings. The summed E-state index contributed by atoms with van der Waals surface area (Å²) in [6, 6.07) is 17.4. The number of benzene rings is 2. The van der Waals surface area contributed by atoms with E-state index >= 15 is 0 Å². The molecule has 7 nitrogen and oxygen atoms in total. The molecule has 238 valence electrons. The van der Waals surface area contributed by atoms with E-state index in [1.54, 1.807) is 4.90 Å². The van der Waals surface area contributed by atoms with Crippen LogP contribution in [-0.2, 0) is 11.8 Å². The first-order chi connectivity index (χ1) is 20.9. The van der Waals surface area contributed by atoms with Gasteiger partial charge in [-0.05, 0) is 80.1 Å². The highest BCUT2D eigenvalue weighted by molar-refractivity contribution is 6.72. The van der Waals surface area contributed by atoms with Crippen LogP contribution in [0.3, 0.4) is 0 Å². The fourth-order valence-electron chi connectivity index (χ4n) is 6.00. The number of nitrogens with one attached hydrogen (secondary N) is 1. The van der Waals surface area contributed by atoms with Gasteiger partial charge in [0.1, 0.15) is 5.82 Å². The van der Waals surface area contributed by atoms with Crippen molar-refractivity contribution in [2.24, 2.45) is 0 Å². The van der Waals surface area contributed by atoms with Crippen molar-refractivity contribution in [3.8, 4) is 5.75 Å². The Morgan fingerprint density at radius 2 is 1.75 bits per heavy atom. The number of para-hydroxylation sites is 1. The Balaban J connectivity index is 1.73. The number of aromatic nitrogens is 2. The highest BCUT2D eigenvalue weighted by atomic mass is 35.5. The van der Waals surface area contributed by atoms with Crippen molar-refractivity contribution < 1.29 is 14.3 Å². The molecule has 1 fully saturated rings. The highest BCUT2D eigenvalue weighted by Crippen LogP contribution is 2.44. The van der Waals surface area contributed by atoms with Gasteiger partial charge >= 0.3 is 0 Å². The molecule has 0 radical (unpaired) electrons. The monoisotopic (exact) mass is 637 g/mol. The number of carbonyl (C=O) groups excluding carboxylic acids is 1. The molecular weight excluding hydrogens is 590 g/mol. The Morgan fingerprint density at radius 3 is 2.36 bits per heavy atom. The number of ether oxygens (including phenoxy) is 1. The maximum atomic E-state index is 14.5. The number of rotatable bonds is 14. The Bertz CT molecular complexity index is 1450. The molecular formula is C35H48ClN3O4Si. The molecule has 44 heavy (non-hydrogen) atoms. The first-order valence-electron chi connectivity index (χ1n) is 16.0. The zero-order chi connectivity index (χ0) is 32.0. The van der Waals surface area contributed by atoms with Crippen molar-refractivity contribution in [2.75, 3.05) is 18.1 Å². The van der Waals surface area contributed by atoms with Crippen LogP contribution in [0.5, 0.6) is 5.75 Å². The van der Waals surface area contributed by atoms with Crippen molar-refractivity contribution in [3.63, 3.8) is 0 Å². The van der Waals surface area contributed by atoms with E-state index in [0.717, 1.165) is 50.6 Å². The van der Waals surface area contributed by atoms with Crippen molar-refractivity contribution in [1.82, 2.24) is 9.97 Å². The fourth-order valence-corrected chi connectivity index (χ4v) is 6.92. The Kier molecular flexibility index (Phi) is 11.1. The van der Waals surface area contributed by atoms with Gasteiger partial charge in [0.15, 0.2) is 14.0 Å². The summed E-state index contributed by atoms with van der Waals surface area (Å²) in [6.07, 6.45) is 7.71. The number of nitrogens with zero attached hydrogens (tertiary/aromatic N) is 2. The Hall–Kier alpha value is -2.94. The van der Waals surface area contributed by atoms with Crippen LogP contribution in [0.4, 0.5) is 5.69 Å². The summed E-state index contributed by atoms with van der Waals surface area (Å²) >= 11 is 6.21. The maximum Gasteiger partial charge on any atom is 0.294 e. The summed E-state index contributed by atoms with van der Waals surface area (Å²) < 4.78 is 5.97. The molecule has 0 bridgehead atoms. The quantitative estimate of drug-likeness (QED) is 0.138. The third-order valence-electron chi connectivity index (χ3n) is 9.55. The van der Waals surface area contributed by atoms with Crippen LogP contribution in [0.25, 0.3) is 0 Å². The summed E-state index contributed by atoms with van der Waals surface area (Å²) in [4.78, 5) is 48.4. The molecule has 0 aliphatic heterocycles. The van der Waals surface area contributed by atoms with Crippen molar-refractivity contribution in [3.05, 3.63) is 87.1 Å². The van der Waals surface area contributed by atoms with Crippen LogP contribution in [0.15, 0.2) is 59.4 Å². The number of hydrogen-bond acceptors (Lipinski definition) is 5. The van der Waals surface area contributed by atoms with Crippen LogP contribution in [0.2, 0.25) is 23.2 Å². The normalized spacial score (nSPS) is 14.9. The van der Waals surface area contributed by atoms with E-state index in [1.807, 2.05) is 62.5 Å². The molecule has 4 rings (SSSR count). The lowest BCUT2D eigenvalue weighted by Crippen LogP contribution is -2.40. The zero-order valence-electron chi connectivity index (χ0n) is 26.9. The first-order valence-corrected chi connectivity index (χ1v) is 19.3. The predicted molar refractivity (Wildman–Crippen MR) is 182 cm³/mol. The van der Waals surface area contributed by atoms with Gasteiger partial charge < -0.3 is 19.4 Å². The second-order valence-electron chi connectivity index (χ2n) is 13.4. The summed E-state index contributed by atoms with van der Waals surface area (Å²) in [5.41, 5.74) is 1.32. The van der Waals surface area contributed by atoms with E-state index < -0.39 is 13.9 Å². The average Bonchev–Trinajstić information content (AvgIpc) is 3.45. The van der Waals surface area contributed by atoms with Gasteiger partial charge in [0.25, 0.3) is 11.5 Å². The van der Waals surface area contributed by atoms with Gasteiger partial charge in [0, 0.05) is 29.1 Å². The molecule has 2 aromatic carbocycles. The van der Waals surface area contributed by atoms with Gasteiger partial charge in [-0.1, -0.05) is 82.0 Å².